The van der Waals surface area contributed by atoms with E-state index in [1.807, 2.05) is 12.1 Å². The summed E-state index contributed by atoms with van der Waals surface area (Å²) in [6, 6.07) is 7.20. The van der Waals surface area contributed by atoms with Crippen LogP contribution in [0.2, 0.25) is 0 Å². The molecule has 0 fully saturated rings. The van der Waals surface area contributed by atoms with Crippen LogP contribution in [0.25, 0.3) is 0 Å². The summed E-state index contributed by atoms with van der Waals surface area (Å²) in [6.45, 7) is 4.74. The predicted molar refractivity (Wildman–Crippen MR) is 86.3 cm³/mol. The molecule has 1 amide bonds. The van der Waals surface area contributed by atoms with Gasteiger partial charge < -0.3 is 10.4 Å². The number of hydrogen-bond donors (Lipinski definition) is 2. The molecule has 1 unspecified atom stereocenters. The van der Waals surface area contributed by atoms with Crippen molar-refractivity contribution in [3.63, 3.8) is 0 Å². The molecule has 1 rings (SSSR count). The highest BCUT2D eigenvalue weighted by molar-refractivity contribution is 9.10. The van der Waals surface area contributed by atoms with E-state index in [1.165, 1.54) is 0 Å². The Kier molecular flexibility index (Phi) is 7.43. The molecule has 0 aliphatic carbocycles. The monoisotopic (exact) mass is 355 g/mol. The first kappa shape index (κ1) is 17.7. The van der Waals surface area contributed by atoms with Crippen LogP contribution in [0.5, 0.6) is 0 Å². The average molecular weight is 356 g/mol. The number of hydrogen-bond acceptors (Lipinski definition) is 2. The van der Waals surface area contributed by atoms with Crippen LogP contribution in [-0.2, 0) is 4.79 Å². The first-order chi connectivity index (χ1) is 9.90. The molecule has 1 aromatic carbocycles. The van der Waals surface area contributed by atoms with Gasteiger partial charge in [-0.1, -0.05) is 29.8 Å². The van der Waals surface area contributed by atoms with Crippen LogP contribution in [-0.4, -0.2) is 23.5 Å². The fraction of sp³-hybridized carbons (Fsp3) is 0.500. The minimum absolute atomic E-state index is 0.0942. The van der Waals surface area contributed by atoms with E-state index in [4.69, 9.17) is 5.11 Å². The number of carboxylic acids is 1. The Morgan fingerprint density at radius 2 is 1.81 bits per heavy atom. The highest BCUT2D eigenvalue weighted by Crippen LogP contribution is 2.20. The van der Waals surface area contributed by atoms with Crippen molar-refractivity contribution < 1.29 is 14.7 Å². The van der Waals surface area contributed by atoms with E-state index >= 15 is 0 Å². The van der Waals surface area contributed by atoms with Crippen molar-refractivity contribution in [1.29, 1.82) is 0 Å². The van der Waals surface area contributed by atoms with Crippen molar-refractivity contribution in [3.8, 4) is 0 Å². The van der Waals surface area contributed by atoms with E-state index in [9.17, 15) is 9.59 Å². The summed E-state index contributed by atoms with van der Waals surface area (Å²) in [5, 5.41) is 11.6. The normalized spacial score (nSPS) is 12.2. The molecule has 2 N–H and O–H groups in total. The fourth-order valence-corrected chi connectivity index (χ4v) is 2.46. The van der Waals surface area contributed by atoms with Gasteiger partial charge in [0.2, 0.25) is 0 Å². The number of amides is 1. The molecule has 0 aromatic heterocycles. The summed E-state index contributed by atoms with van der Waals surface area (Å²) >= 11 is 3.33. The minimum atomic E-state index is -0.764. The predicted octanol–water partition coefficient (Wildman–Crippen LogP) is 3.71. The third-order valence-corrected chi connectivity index (χ3v) is 4.11. The molecule has 0 radical (unpaired) electrons. The van der Waals surface area contributed by atoms with Crippen molar-refractivity contribution in [3.05, 3.63) is 34.3 Å². The Balaban J connectivity index is 2.40. The van der Waals surface area contributed by atoms with Crippen LogP contribution >= 0.6 is 15.9 Å². The van der Waals surface area contributed by atoms with Gasteiger partial charge in [0.15, 0.2) is 0 Å². The van der Waals surface area contributed by atoms with Gasteiger partial charge in [-0.15, -0.1) is 0 Å². The lowest BCUT2D eigenvalue weighted by atomic mass is 9.88. The Bertz CT molecular complexity index is 471. The SMILES string of the molecule is CC(C)C(CCNC(=O)c1ccc(Br)cc1)CCC(=O)O. The number of carbonyl (C=O) groups excluding carboxylic acids is 1. The maximum atomic E-state index is 12.0. The van der Waals surface area contributed by atoms with Crippen LogP contribution in [0.15, 0.2) is 28.7 Å². The molecule has 21 heavy (non-hydrogen) atoms. The first-order valence-corrected chi connectivity index (χ1v) is 7.95. The third kappa shape index (κ3) is 6.76. The van der Waals surface area contributed by atoms with Crippen LogP contribution in [0.1, 0.15) is 43.5 Å². The molecule has 0 heterocycles. The van der Waals surface area contributed by atoms with Gasteiger partial charge >= 0.3 is 5.97 Å². The Labute approximate surface area is 134 Å². The van der Waals surface area contributed by atoms with Gasteiger partial charge in [0.25, 0.3) is 5.91 Å². The lowest BCUT2D eigenvalue weighted by molar-refractivity contribution is -0.137. The number of carbonyl (C=O) groups is 2. The van der Waals surface area contributed by atoms with E-state index in [2.05, 4.69) is 35.1 Å². The molecule has 0 aliphatic rings. The summed E-state index contributed by atoms with van der Waals surface area (Å²) in [6.07, 6.45) is 1.64. The number of halogens is 1. The molecule has 0 spiro atoms. The van der Waals surface area contributed by atoms with E-state index in [1.54, 1.807) is 12.1 Å². The highest BCUT2D eigenvalue weighted by atomic mass is 79.9. The van der Waals surface area contributed by atoms with Gasteiger partial charge in [-0.25, -0.2) is 0 Å². The zero-order valence-corrected chi connectivity index (χ0v) is 14.0. The average Bonchev–Trinajstić information content (AvgIpc) is 2.42. The fourth-order valence-electron chi connectivity index (χ4n) is 2.19. The summed E-state index contributed by atoms with van der Waals surface area (Å²) in [5.41, 5.74) is 0.629. The van der Waals surface area contributed by atoms with Gasteiger partial charge in [-0.3, -0.25) is 9.59 Å². The molecule has 4 nitrogen and oxygen atoms in total. The van der Waals surface area contributed by atoms with Gasteiger partial charge in [-0.2, -0.15) is 0 Å². The molecule has 0 bridgehead atoms. The minimum Gasteiger partial charge on any atom is -0.481 e. The van der Waals surface area contributed by atoms with E-state index < -0.39 is 5.97 Å². The molecule has 116 valence electrons. The first-order valence-electron chi connectivity index (χ1n) is 7.15. The van der Waals surface area contributed by atoms with Crippen molar-refractivity contribution in [2.45, 2.75) is 33.1 Å². The lowest BCUT2D eigenvalue weighted by Gasteiger charge is -2.20. The Morgan fingerprint density at radius 1 is 1.19 bits per heavy atom. The molecule has 0 saturated heterocycles. The van der Waals surface area contributed by atoms with Crippen LogP contribution in [0.3, 0.4) is 0 Å². The second-order valence-corrected chi connectivity index (χ2v) is 6.40. The lowest BCUT2D eigenvalue weighted by Crippen LogP contribution is -2.27. The zero-order valence-electron chi connectivity index (χ0n) is 12.4. The molecule has 1 aromatic rings. The summed E-state index contributed by atoms with van der Waals surface area (Å²) in [4.78, 5) is 22.6. The smallest absolute Gasteiger partial charge is 0.303 e. The number of nitrogens with one attached hydrogen (secondary N) is 1. The van der Waals surface area contributed by atoms with Crippen LogP contribution < -0.4 is 5.32 Å². The number of rotatable bonds is 8. The standard InChI is InChI=1S/C16H22BrNO3/c1-11(2)12(5-8-15(19)20)9-10-18-16(21)13-3-6-14(17)7-4-13/h3-4,6-7,11-12H,5,8-10H2,1-2H3,(H,18,21)(H,19,20). The molecular formula is C16H22BrNO3. The largest absolute Gasteiger partial charge is 0.481 e. The zero-order chi connectivity index (χ0) is 15.8. The van der Waals surface area contributed by atoms with Crippen LogP contribution in [0, 0.1) is 11.8 Å². The molecule has 1 atom stereocenters. The summed E-state index contributed by atoms with van der Waals surface area (Å²) < 4.78 is 0.938. The van der Waals surface area contributed by atoms with Crippen LogP contribution in [0.4, 0.5) is 0 Å². The van der Waals surface area contributed by atoms with Gasteiger partial charge in [0, 0.05) is 23.0 Å². The van der Waals surface area contributed by atoms with Crippen molar-refractivity contribution in [2.75, 3.05) is 6.54 Å². The maximum Gasteiger partial charge on any atom is 0.303 e. The molecule has 5 heteroatoms. The van der Waals surface area contributed by atoms with Crippen molar-refractivity contribution >= 4 is 27.8 Å². The van der Waals surface area contributed by atoms with Crippen molar-refractivity contribution in [2.24, 2.45) is 11.8 Å². The number of benzene rings is 1. The van der Waals surface area contributed by atoms with E-state index in [-0.39, 0.29) is 12.3 Å². The molecule has 0 saturated carbocycles. The second-order valence-electron chi connectivity index (χ2n) is 5.49. The number of aliphatic carboxylic acids is 1. The Hall–Kier alpha value is -1.36. The number of carboxylic acid groups (broad SMARTS) is 1. The highest BCUT2D eigenvalue weighted by Gasteiger charge is 2.15. The van der Waals surface area contributed by atoms with Gasteiger partial charge in [0.05, 0.1) is 0 Å². The van der Waals surface area contributed by atoms with E-state index in [0.29, 0.717) is 30.4 Å². The van der Waals surface area contributed by atoms with Crippen molar-refractivity contribution in [1.82, 2.24) is 5.32 Å². The second kappa shape index (κ2) is 8.82. The summed E-state index contributed by atoms with van der Waals surface area (Å²) in [7, 11) is 0. The topological polar surface area (TPSA) is 66.4 Å². The van der Waals surface area contributed by atoms with E-state index in [0.717, 1.165) is 10.9 Å². The third-order valence-electron chi connectivity index (χ3n) is 3.58. The quantitative estimate of drug-likeness (QED) is 0.746. The maximum absolute atomic E-state index is 12.0. The Morgan fingerprint density at radius 3 is 2.33 bits per heavy atom. The molecule has 0 aliphatic heterocycles. The van der Waals surface area contributed by atoms with Gasteiger partial charge in [0.1, 0.15) is 0 Å². The summed E-state index contributed by atoms with van der Waals surface area (Å²) in [5.74, 6) is -0.136. The molecular weight excluding hydrogens is 334 g/mol. The van der Waals surface area contributed by atoms with Gasteiger partial charge in [-0.05, 0) is 48.9 Å².